The Morgan fingerprint density at radius 1 is 1.19 bits per heavy atom. The minimum Gasteiger partial charge on any atom is -0.331 e. The number of piperazine rings is 1. The Hall–Kier alpha value is -1.54. The van der Waals surface area contributed by atoms with Gasteiger partial charge in [-0.3, -0.25) is 9.59 Å². The standard InChI is InChI=1S/C18H29N5O2S/c1-2-5-16-20-21-18(26-16)19-15(24)8-9-17(25)23-12-10-22(11-13-23)14-6-3-4-7-14/h14H,2-13H2,1H3,(H,19,21,24)/p+1. The molecule has 1 aromatic heterocycles. The van der Waals surface area contributed by atoms with Crippen LogP contribution in [0.25, 0.3) is 0 Å². The van der Waals surface area contributed by atoms with Crippen molar-refractivity contribution in [3.05, 3.63) is 5.01 Å². The lowest BCUT2D eigenvalue weighted by Crippen LogP contribution is -3.18. The van der Waals surface area contributed by atoms with Crippen molar-refractivity contribution in [1.82, 2.24) is 15.1 Å². The molecule has 2 N–H and O–H groups in total. The van der Waals surface area contributed by atoms with Gasteiger partial charge in [-0.1, -0.05) is 18.3 Å². The van der Waals surface area contributed by atoms with Crippen LogP contribution in [0.4, 0.5) is 5.13 Å². The highest BCUT2D eigenvalue weighted by Crippen LogP contribution is 2.17. The maximum atomic E-state index is 12.4. The van der Waals surface area contributed by atoms with Crippen LogP contribution in [0.3, 0.4) is 0 Å². The zero-order valence-electron chi connectivity index (χ0n) is 15.6. The van der Waals surface area contributed by atoms with Gasteiger partial charge in [0.25, 0.3) is 0 Å². The van der Waals surface area contributed by atoms with Gasteiger partial charge < -0.3 is 15.1 Å². The van der Waals surface area contributed by atoms with Crippen molar-refractivity contribution in [3.63, 3.8) is 0 Å². The van der Waals surface area contributed by atoms with E-state index in [0.717, 1.165) is 50.1 Å². The van der Waals surface area contributed by atoms with Crippen LogP contribution in [-0.4, -0.2) is 59.1 Å². The molecule has 1 saturated heterocycles. The summed E-state index contributed by atoms with van der Waals surface area (Å²) in [7, 11) is 0. The second kappa shape index (κ2) is 9.41. The molecule has 1 saturated carbocycles. The van der Waals surface area contributed by atoms with E-state index in [-0.39, 0.29) is 24.7 Å². The van der Waals surface area contributed by atoms with E-state index in [1.54, 1.807) is 4.90 Å². The van der Waals surface area contributed by atoms with E-state index in [1.807, 2.05) is 4.90 Å². The largest absolute Gasteiger partial charge is 0.331 e. The van der Waals surface area contributed by atoms with Crippen LogP contribution in [0, 0.1) is 0 Å². The first-order chi connectivity index (χ1) is 12.7. The summed E-state index contributed by atoms with van der Waals surface area (Å²) in [5.74, 6) is -0.0673. The Morgan fingerprint density at radius 2 is 1.92 bits per heavy atom. The topological polar surface area (TPSA) is 79.6 Å². The van der Waals surface area contributed by atoms with Crippen molar-refractivity contribution in [2.24, 2.45) is 0 Å². The third-order valence-electron chi connectivity index (χ3n) is 5.43. The van der Waals surface area contributed by atoms with Gasteiger partial charge in [-0.05, 0) is 32.1 Å². The van der Waals surface area contributed by atoms with Gasteiger partial charge in [0.15, 0.2) is 0 Å². The average molecular weight is 381 g/mol. The molecule has 7 nitrogen and oxygen atoms in total. The average Bonchev–Trinajstić information content (AvgIpc) is 3.32. The quantitative estimate of drug-likeness (QED) is 0.736. The smallest absolute Gasteiger partial charge is 0.226 e. The van der Waals surface area contributed by atoms with Crippen LogP contribution in [0.15, 0.2) is 0 Å². The molecule has 26 heavy (non-hydrogen) atoms. The summed E-state index contributed by atoms with van der Waals surface area (Å²) in [6.45, 7) is 5.83. The molecule has 1 aliphatic carbocycles. The number of nitrogens with one attached hydrogen (secondary N) is 2. The molecule has 0 bridgehead atoms. The highest BCUT2D eigenvalue weighted by Gasteiger charge is 2.30. The molecule has 144 valence electrons. The minimum absolute atomic E-state index is 0.0922. The molecule has 0 unspecified atom stereocenters. The van der Waals surface area contributed by atoms with E-state index in [1.165, 1.54) is 37.0 Å². The molecule has 2 amide bonds. The summed E-state index contributed by atoms with van der Waals surface area (Å²) >= 11 is 1.41. The molecule has 3 rings (SSSR count). The molecule has 0 atom stereocenters. The number of quaternary nitrogens is 1. The number of amides is 2. The first-order valence-corrected chi connectivity index (χ1v) is 10.7. The highest BCUT2D eigenvalue weighted by molar-refractivity contribution is 7.15. The summed E-state index contributed by atoms with van der Waals surface area (Å²) in [6.07, 6.45) is 7.76. The lowest BCUT2D eigenvalue weighted by Gasteiger charge is -2.35. The van der Waals surface area contributed by atoms with Gasteiger partial charge in [0, 0.05) is 19.3 Å². The van der Waals surface area contributed by atoms with Gasteiger partial charge >= 0.3 is 0 Å². The van der Waals surface area contributed by atoms with Crippen molar-refractivity contribution in [1.29, 1.82) is 0 Å². The van der Waals surface area contributed by atoms with Crippen molar-refractivity contribution in [2.75, 3.05) is 31.5 Å². The molecule has 0 aromatic carbocycles. The minimum atomic E-state index is -0.159. The molecule has 1 aliphatic heterocycles. The lowest BCUT2D eigenvalue weighted by molar-refractivity contribution is -0.928. The van der Waals surface area contributed by atoms with E-state index >= 15 is 0 Å². The fourth-order valence-corrected chi connectivity index (χ4v) is 4.82. The molecule has 2 fully saturated rings. The van der Waals surface area contributed by atoms with Crippen molar-refractivity contribution < 1.29 is 14.5 Å². The van der Waals surface area contributed by atoms with E-state index < -0.39 is 0 Å². The predicted molar refractivity (Wildman–Crippen MR) is 101 cm³/mol. The number of aromatic nitrogens is 2. The van der Waals surface area contributed by atoms with Gasteiger partial charge in [-0.25, -0.2) is 0 Å². The first kappa shape index (κ1) is 19.2. The zero-order chi connectivity index (χ0) is 18.4. The summed E-state index contributed by atoms with van der Waals surface area (Å²) in [4.78, 5) is 28.0. The van der Waals surface area contributed by atoms with Crippen molar-refractivity contribution in [3.8, 4) is 0 Å². The van der Waals surface area contributed by atoms with Crippen LogP contribution >= 0.6 is 11.3 Å². The molecular formula is C18H30N5O2S+. The number of hydrogen-bond acceptors (Lipinski definition) is 5. The molecule has 0 spiro atoms. The van der Waals surface area contributed by atoms with Gasteiger partial charge in [0.2, 0.25) is 16.9 Å². The summed E-state index contributed by atoms with van der Waals surface area (Å²) < 4.78 is 0. The first-order valence-electron chi connectivity index (χ1n) is 9.90. The number of rotatable bonds is 7. The van der Waals surface area contributed by atoms with Crippen molar-refractivity contribution in [2.45, 2.75) is 64.3 Å². The summed E-state index contributed by atoms with van der Waals surface area (Å²) in [5, 5.41) is 12.2. The lowest BCUT2D eigenvalue weighted by atomic mass is 10.1. The van der Waals surface area contributed by atoms with Crippen LogP contribution in [-0.2, 0) is 16.0 Å². The monoisotopic (exact) mass is 380 g/mol. The Bertz CT molecular complexity index is 606. The van der Waals surface area contributed by atoms with E-state index in [2.05, 4.69) is 22.4 Å². The summed E-state index contributed by atoms with van der Waals surface area (Å²) in [5.41, 5.74) is 0. The molecule has 1 aromatic rings. The Balaban J connectivity index is 1.36. The van der Waals surface area contributed by atoms with Gasteiger partial charge in [0.05, 0.1) is 32.2 Å². The molecule has 8 heteroatoms. The van der Waals surface area contributed by atoms with Crippen LogP contribution in [0.1, 0.15) is 56.9 Å². The van der Waals surface area contributed by atoms with Gasteiger partial charge in [0.1, 0.15) is 5.01 Å². The molecule has 2 heterocycles. The van der Waals surface area contributed by atoms with Crippen LogP contribution < -0.4 is 10.2 Å². The number of hydrogen-bond donors (Lipinski definition) is 2. The third-order valence-corrected chi connectivity index (χ3v) is 6.33. The fourth-order valence-electron chi connectivity index (χ4n) is 3.96. The molecule has 2 aliphatic rings. The number of nitrogens with zero attached hydrogens (tertiary/aromatic N) is 3. The van der Waals surface area contributed by atoms with Crippen LogP contribution in [0.5, 0.6) is 0 Å². The number of aryl methyl sites for hydroxylation is 1. The third kappa shape index (κ3) is 5.23. The predicted octanol–water partition coefficient (Wildman–Crippen LogP) is 0.879. The SMILES string of the molecule is CCCc1nnc(NC(=O)CCC(=O)N2CC[NH+](C3CCCC3)CC2)s1. The Labute approximate surface area is 159 Å². The fraction of sp³-hybridized carbons (Fsp3) is 0.778. The Kier molecular flexibility index (Phi) is 6.96. The van der Waals surface area contributed by atoms with E-state index in [0.29, 0.717) is 5.13 Å². The number of carbonyl (C=O) groups is 2. The van der Waals surface area contributed by atoms with Gasteiger partial charge in [-0.2, -0.15) is 0 Å². The summed E-state index contributed by atoms with van der Waals surface area (Å²) in [6, 6.07) is 0.808. The van der Waals surface area contributed by atoms with E-state index in [9.17, 15) is 9.59 Å². The van der Waals surface area contributed by atoms with Crippen molar-refractivity contribution >= 4 is 28.3 Å². The van der Waals surface area contributed by atoms with Gasteiger partial charge in [-0.15, -0.1) is 10.2 Å². The normalized spacial score (nSPS) is 19.0. The maximum Gasteiger partial charge on any atom is 0.226 e. The maximum absolute atomic E-state index is 12.4. The zero-order valence-corrected chi connectivity index (χ0v) is 16.4. The molecule has 0 radical (unpaired) electrons. The Morgan fingerprint density at radius 3 is 2.62 bits per heavy atom. The number of anilines is 1. The highest BCUT2D eigenvalue weighted by atomic mass is 32.1. The van der Waals surface area contributed by atoms with E-state index in [4.69, 9.17) is 0 Å². The number of carbonyl (C=O) groups excluding carboxylic acids is 2. The second-order valence-corrected chi connectivity index (χ2v) is 8.38. The molecular weight excluding hydrogens is 350 g/mol. The van der Waals surface area contributed by atoms with Crippen LogP contribution in [0.2, 0.25) is 0 Å². The second-order valence-electron chi connectivity index (χ2n) is 7.32.